The summed E-state index contributed by atoms with van der Waals surface area (Å²) >= 11 is 0.984. The molecule has 0 radical (unpaired) electrons. The second-order valence-corrected chi connectivity index (χ2v) is 10.7. The average Bonchev–Trinajstić information content (AvgIpc) is 3.08. The Hall–Kier alpha value is -1.22. The molecule has 0 unspecified atom stereocenters. The third-order valence-electron chi connectivity index (χ3n) is 3.92. The van der Waals surface area contributed by atoms with Gasteiger partial charge in [-0.05, 0) is 44.1 Å². The zero-order valence-corrected chi connectivity index (χ0v) is 14.8. The molecule has 0 atom stereocenters. The lowest BCUT2D eigenvalue weighted by atomic mass is 10.2. The second kappa shape index (κ2) is 6.35. The van der Waals surface area contributed by atoms with Crippen LogP contribution in [0.2, 0.25) is 0 Å². The standard InChI is InChI=1S/C15H17NO4S3/c17-22(18,12-4-2-1-3-5-12)14-10-15(21-11-14)23(19,20)13-6-8-16-9-7-13/h1-5,10-11,13,16H,6-9H2. The third kappa shape index (κ3) is 3.21. The summed E-state index contributed by atoms with van der Waals surface area (Å²) in [4.78, 5) is 0.213. The first-order valence-electron chi connectivity index (χ1n) is 7.25. The van der Waals surface area contributed by atoms with E-state index in [-0.39, 0.29) is 14.0 Å². The molecular weight excluding hydrogens is 354 g/mol. The highest BCUT2D eigenvalue weighted by Crippen LogP contribution is 2.32. The maximum atomic E-state index is 12.7. The molecule has 1 aliphatic heterocycles. The lowest BCUT2D eigenvalue weighted by Gasteiger charge is -2.21. The van der Waals surface area contributed by atoms with Gasteiger partial charge in [0.25, 0.3) is 0 Å². The van der Waals surface area contributed by atoms with E-state index in [2.05, 4.69) is 5.32 Å². The molecule has 0 saturated carbocycles. The normalized spacial score (nSPS) is 17.2. The minimum atomic E-state index is -3.68. The van der Waals surface area contributed by atoms with Crippen molar-refractivity contribution in [3.63, 3.8) is 0 Å². The minimum absolute atomic E-state index is 0.0428. The maximum Gasteiger partial charge on any atom is 0.207 e. The summed E-state index contributed by atoms with van der Waals surface area (Å²) in [5.41, 5.74) is 0. The van der Waals surface area contributed by atoms with E-state index in [1.165, 1.54) is 23.6 Å². The van der Waals surface area contributed by atoms with Crippen LogP contribution in [-0.4, -0.2) is 35.2 Å². The zero-order chi connectivity index (χ0) is 16.5. The van der Waals surface area contributed by atoms with Gasteiger partial charge in [0.1, 0.15) is 4.21 Å². The molecule has 1 saturated heterocycles. The van der Waals surface area contributed by atoms with Crippen molar-refractivity contribution in [2.24, 2.45) is 0 Å². The Labute approximate surface area is 140 Å². The summed E-state index contributed by atoms with van der Waals surface area (Å²) in [5.74, 6) is 0. The number of sulfone groups is 2. The number of rotatable bonds is 4. The molecule has 2 aromatic rings. The summed E-state index contributed by atoms with van der Waals surface area (Å²) in [6, 6.07) is 9.34. The van der Waals surface area contributed by atoms with Crippen LogP contribution in [0.4, 0.5) is 0 Å². The molecular formula is C15H17NO4S3. The SMILES string of the molecule is O=S(=O)(c1ccccc1)c1csc(S(=O)(=O)C2CCNCC2)c1. The monoisotopic (exact) mass is 371 g/mol. The molecule has 1 aromatic heterocycles. The molecule has 0 bridgehead atoms. The third-order valence-corrected chi connectivity index (χ3v) is 9.55. The zero-order valence-electron chi connectivity index (χ0n) is 12.3. The van der Waals surface area contributed by atoms with Crippen LogP contribution in [0.15, 0.2) is 55.8 Å². The molecule has 8 heteroatoms. The van der Waals surface area contributed by atoms with Crippen molar-refractivity contribution in [2.75, 3.05) is 13.1 Å². The van der Waals surface area contributed by atoms with Gasteiger partial charge in [-0.15, -0.1) is 11.3 Å². The first-order chi connectivity index (χ1) is 10.9. The molecule has 23 heavy (non-hydrogen) atoms. The Kier molecular flexibility index (Phi) is 4.59. The van der Waals surface area contributed by atoms with Gasteiger partial charge in [-0.2, -0.15) is 0 Å². The van der Waals surface area contributed by atoms with Gasteiger partial charge in [0, 0.05) is 5.38 Å². The minimum Gasteiger partial charge on any atom is -0.317 e. The Morgan fingerprint density at radius 1 is 0.957 bits per heavy atom. The van der Waals surface area contributed by atoms with Gasteiger partial charge >= 0.3 is 0 Å². The highest BCUT2D eigenvalue weighted by molar-refractivity contribution is 7.94. The number of hydrogen-bond donors (Lipinski definition) is 1. The number of nitrogens with one attached hydrogen (secondary N) is 1. The van der Waals surface area contributed by atoms with Gasteiger partial charge in [-0.25, -0.2) is 16.8 Å². The lowest BCUT2D eigenvalue weighted by molar-refractivity contribution is 0.497. The second-order valence-electron chi connectivity index (χ2n) is 5.41. The summed E-state index contributed by atoms with van der Waals surface area (Å²) in [6.07, 6.45) is 1.11. The molecule has 1 N–H and O–H groups in total. The molecule has 1 aliphatic rings. The van der Waals surface area contributed by atoms with Gasteiger partial charge in [-0.1, -0.05) is 18.2 Å². The Balaban J connectivity index is 1.94. The molecule has 0 amide bonds. The number of benzene rings is 1. The fraction of sp³-hybridized carbons (Fsp3) is 0.333. The predicted octanol–water partition coefficient (Wildman–Crippen LogP) is 2.11. The van der Waals surface area contributed by atoms with Crippen molar-refractivity contribution in [2.45, 2.75) is 32.1 Å². The number of piperidine rings is 1. The smallest absolute Gasteiger partial charge is 0.207 e. The summed E-state index contributed by atoms with van der Waals surface area (Å²) in [6.45, 7) is 1.34. The van der Waals surface area contributed by atoms with E-state index in [1.54, 1.807) is 18.2 Å². The fourth-order valence-electron chi connectivity index (χ4n) is 2.60. The molecule has 0 aliphatic carbocycles. The topological polar surface area (TPSA) is 80.3 Å². The van der Waals surface area contributed by atoms with Gasteiger partial charge in [0.2, 0.25) is 9.84 Å². The van der Waals surface area contributed by atoms with Crippen LogP contribution in [0.1, 0.15) is 12.8 Å². The molecule has 124 valence electrons. The van der Waals surface area contributed by atoms with Crippen LogP contribution < -0.4 is 5.32 Å². The van der Waals surface area contributed by atoms with E-state index < -0.39 is 24.9 Å². The van der Waals surface area contributed by atoms with Crippen molar-refractivity contribution in [1.29, 1.82) is 0 Å². The Bertz CT molecular complexity index is 880. The van der Waals surface area contributed by atoms with E-state index in [9.17, 15) is 16.8 Å². The van der Waals surface area contributed by atoms with Crippen LogP contribution in [0.5, 0.6) is 0 Å². The van der Waals surface area contributed by atoms with Crippen molar-refractivity contribution < 1.29 is 16.8 Å². The van der Waals surface area contributed by atoms with E-state index in [1.807, 2.05) is 0 Å². The Morgan fingerprint density at radius 3 is 2.26 bits per heavy atom. The van der Waals surface area contributed by atoms with Crippen molar-refractivity contribution in [1.82, 2.24) is 5.32 Å². The molecule has 0 spiro atoms. The largest absolute Gasteiger partial charge is 0.317 e. The van der Waals surface area contributed by atoms with Crippen LogP contribution >= 0.6 is 11.3 Å². The van der Waals surface area contributed by atoms with Crippen molar-refractivity contribution in [3.8, 4) is 0 Å². The van der Waals surface area contributed by atoms with Crippen LogP contribution in [0, 0.1) is 0 Å². The van der Waals surface area contributed by atoms with Crippen LogP contribution in [0.3, 0.4) is 0 Å². The highest BCUT2D eigenvalue weighted by Gasteiger charge is 2.31. The summed E-state index contributed by atoms with van der Waals surface area (Å²) in [7, 11) is -7.15. The van der Waals surface area contributed by atoms with Gasteiger partial charge in [0.15, 0.2) is 9.84 Å². The molecule has 5 nitrogen and oxygen atoms in total. The fourth-order valence-corrected chi connectivity index (χ4v) is 7.52. The molecule has 3 rings (SSSR count). The summed E-state index contributed by atoms with van der Waals surface area (Å²) < 4.78 is 50.5. The number of thiophene rings is 1. The van der Waals surface area contributed by atoms with E-state index in [0.717, 1.165) is 11.3 Å². The maximum absolute atomic E-state index is 12.7. The molecule has 2 heterocycles. The van der Waals surface area contributed by atoms with Crippen molar-refractivity contribution >= 4 is 31.0 Å². The Morgan fingerprint density at radius 2 is 1.61 bits per heavy atom. The summed E-state index contributed by atoms with van der Waals surface area (Å²) in [5, 5.41) is 4.11. The van der Waals surface area contributed by atoms with E-state index in [0.29, 0.717) is 25.9 Å². The first kappa shape index (κ1) is 16.6. The first-order valence-corrected chi connectivity index (χ1v) is 11.2. The average molecular weight is 372 g/mol. The molecule has 1 fully saturated rings. The van der Waals surface area contributed by atoms with E-state index in [4.69, 9.17) is 0 Å². The van der Waals surface area contributed by atoms with E-state index >= 15 is 0 Å². The number of hydrogen-bond acceptors (Lipinski definition) is 6. The van der Waals surface area contributed by atoms with Gasteiger partial charge in [0.05, 0.1) is 15.0 Å². The highest BCUT2D eigenvalue weighted by atomic mass is 32.2. The predicted molar refractivity (Wildman–Crippen MR) is 89.3 cm³/mol. The van der Waals surface area contributed by atoms with Crippen LogP contribution in [-0.2, 0) is 19.7 Å². The lowest BCUT2D eigenvalue weighted by Crippen LogP contribution is -2.35. The quantitative estimate of drug-likeness (QED) is 0.890. The van der Waals surface area contributed by atoms with Gasteiger partial charge < -0.3 is 5.32 Å². The van der Waals surface area contributed by atoms with Gasteiger partial charge in [-0.3, -0.25) is 0 Å². The molecule has 1 aromatic carbocycles. The van der Waals surface area contributed by atoms with Crippen LogP contribution in [0.25, 0.3) is 0 Å². The van der Waals surface area contributed by atoms with Crippen molar-refractivity contribution in [3.05, 3.63) is 41.8 Å².